The molecule has 1 aliphatic heterocycles. The molecule has 2 N–H and O–H groups in total. The zero-order valence-electron chi connectivity index (χ0n) is 18.6. The second kappa shape index (κ2) is 9.16. The number of nitrogens with zero attached hydrogens (tertiary/aromatic N) is 5. The van der Waals surface area contributed by atoms with Crippen molar-refractivity contribution in [1.82, 2.24) is 24.9 Å². The third-order valence-corrected chi connectivity index (χ3v) is 6.67. The van der Waals surface area contributed by atoms with Gasteiger partial charge in [-0.05, 0) is 37.7 Å². The van der Waals surface area contributed by atoms with Crippen molar-refractivity contribution in [2.75, 3.05) is 18.5 Å². The Kier molecular flexibility index (Phi) is 5.92. The molecule has 170 valence electrons. The average Bonchev–Trinajstić information content (AvgIpc) is 3.25. The van der Waals surface area contributed by atoms with E-state index >= 15 is 0 Å². The number of amides is 1. The summed E-state index contributed by atoms with van der Waals surface area (Å²) in [6.45, 7) is 3.45. The Balaban J connectivity index is 1.42. The lowest BCUT2D eigenvalue weighted by molar-refractivity contribution is 0.0210. The van der Waals surface area contributed by atoms with E-state index in [0.717, 1.165) is 30.0 Å². The van der Waals surface area contributed by atoms with E-state index in [-0.39, 0.29) is 18.0 Å². The van der Waals surface area contributed by atoms with Crippen LogP contribution in [0.3, 0.4) is 0 Å². The summed E-state index contributed by atoms with van der Waals surface area (Å²) >= 11 is 0. The molecule has 2 fully saturated rings. The van der Waals surface area contributed by atoms with Crippen molar-refractivity contribution in [1.29, 1.82) is 5.26 Å². The van der Waals surface area contributed by atoms with Crippen molar-refractivity contribution in [3.63, 3.8) is 0 Å². The topological polar surface area (TPSA) is 117 Å². The fourth-order valence-electron chi connectivity index (χ4n) is 4.53. The van der Waals surface area contributed by atoms with Gasteiger partial charge >= 0.3 is 0 Å². The number of anilines is 1. The van der Waals surface area contributed by atoms with Gasteiger partial charge in [0, 0.05) is 18.4 Å². The Labute approximate surface area is 192 Å². The maximum absolute atomic E-state index is 13.2. The molecule has 3 aromatic rings. The number of ether oxygens (including phenoxy) is 1. The third-order valence-electron chi connectivity index (χ3n) is 6.67. The number of nitrogens with one attached hydrogen (secondary N) is 2. The molecule has 4 heterocycles. The van der Waals surface area contributed by atoms with Crippen molar-refractivity contribution in [2.24, 2.45) is 5.92 Å². The standard InChI is InChI=1S/C24H27N7O2/c1-2-15-3-5-17(6-4-15)30-24(32)20-10-26-21(7-22(20)29-18-13-33-14-18)19-11-28-31-12-16(8-25)9-27-23(19)31/h7,9-12,15,17-18H,2-6,13-14H2,1H3,(H,26,29)(H,30,32). The first kappa shape index (κ1) is 21.3. The second-order valence-corrected chi connectivity index (χ2v) is 8.87. The van der Waals surface area contributed by atoms with Crippen LogP contribution in [0.15, 0.2) is 30.9 Å². The van der Waals surface area contributed by atoms with Crippen molar-refractivity contribution in [2.45, 2.75) is 51.1 Å². The van der Waals surface area contributed by atoms with Crippen LogP contribution in [-0.2, 0) is 4.74 Å². The summed E-state index contributed by atoms with van der Waals surface area (Å²) in [6.07, 6.45) is 12.0. The summed E-state index contributed by atoms with van der Waals surface area (Å²) in [7, 11) is 0. The predicted molar refractivity (Wildman–Crippen MR) is 123 cm³/mol. The van der Waals surface area contributed by atoms with E-state index < -0.39 is 0 Å². The number of carbonyl (C=O) groups excluding carboxylic acids is 1. The monoisotopic (exact) mass is 445 g/mol. The summed E-state index contributed by atoms with van der Waals surface area (Å²) in [6, 6.07) is 4.30. The molecule has 2 aliphatic rings. The first-order valence-corrected chi connectivity index (χ1v) is 11.5. The maximum atomic E-state index is 13.2. The number of pyridine rings is 1. The fourth-order valence-corrected chi connectivity index (χ4v) is 4.53. The van der Waals surface area contributed by atoms with Gasteiger partial charge < -0.3 is 15.4 Å². The molecule has 0 unspecified atom stereocenters. The summed E-state index contributed by atoms with van der Waals surface area (Å²) < 4.78 is 6.87. The van der Waals surface area contributed by atoms with Crippen LogP contribution < -0.4 is 10.6 Å². The van der Waals surface area contributed by atoms with Crippen LogP contribution in [0.25, 0.3) is 16.9 Å². The smallest absolute Gasteiger partial charge is 0.255 e. The van der Waals surface area contributed by atoms with Crippen molar-refractivity contribution >= 4 is 17.2 Å². The minimum Gasteiger partial charge on any atom is -0.377 e. The van der Waals surface area contributed by atoms with Crippen LogP contribution in [0.4, 0.5) is 5.69 Å². The van der Waals surface area contributed by atoms with Crippen molar-refractivity contribution in [3.05, 3.63) is 42.0 Å². The number of aromatic nitrogens is 4. The van der Waals surface area contributed by atoms with Crippen LogP contribution in [0.2, 0.25) is 0 Å². The van der Waals surface area contributed by atoms with Gasteiger partial charge in [0.25, 0.3) is 5.91 Å². The highest BCUT2D eigenvalue weighted by Gasteiger charge is 2.25. The molecule has 1 amide bonds. The lowest BCUT2D eigenvalue weighted by Gasteiger charge is -2.30. The minimum atomic E-state index is -0.103. The van der Waals surface area contributed by atoms with Gasteiger partial charge in [0.05, 0.1) is 59.7 Å². The highest BCUT2D eigenvalue weighted by Crippen LogP contribution is 2.29. The molecule has 9 nitrogen and oxygen atoms in total. The maximum Gasteiger partial charge on any atom is 0.255 e. The number of rotatable bonds is 6. The van der Waals surface area contributed by atoms with Crippen LogP contribution in [0.5, 0.6) is 0 Å². The molecule has 3 aromatic heterocycles. The Morgan fingerprint density at radius 1 is 1.18 bits per heavy atom. The van der Waals surface area contributed by atoms with Crippen LogP contribution in [-0.4, -0.2) is 50.8 Å². The number of hydrogen-bond donors (Lipinski definition) is 2. The quantitative estimate of drug-likeness (QED) is 0.598. The molecule has 0 spiro atoms. The highest BCUT2D eigenvalue weighted by molar-refractivity contribution is 6.00. The minimum absolute atomic E-state index is 0.103. The number of nitriles is 1. The van der Waals surface area contributed by atoms with E-state index in [1.54, 1.807) is 23.1 Å². The van der Waals surface area contributed by atoms with E-state index in [9.17, 15) is 4.79 Å². The molecular weight excluding hydrogens is 418 g/mol. The number of fused-ring (bicyclic) bond motifs is 1. The molecule has 1 aliphatic carbocycles. The fraction of sp³-hybridized carbons (Fsp3) is 0.458. The van der Waals surface area contributed by atoms with Crippen molar-refractivity contribution < 1.29 is 9.53 Å². The van der Waals surface area contributed by atoms with E-state index in [1.807, 2.05) is 6.07 Å². The molecule has 0 bridgehead atoms. The average molecular weight is 446 g/mol. The molecule has 0 radical (unpaired) electrons. The van der Waals surface area contributed by atoms with Crippen LogP contribution >= 0.6 is 0 Å². The van der Waals surface area contributed by atoms with Crippen molar-refractivity contribution in [3.8, 4) is 17.3 Å². The van der Waals surface area contributed by atoms with E-state index in [0.29, 0.717) is 35.7 Å². The normalized spacial score (nSPS) is 20.7. The zero-order chi connectivity index (χ0) is 22.8. The predicted octanol–water partition coefficient (Wildman–Crippen LogP) is 3.17. The highest BCUT2D eigenvalue weighted by atomic mass is 16.5. The van der Waals surface area contributed by atoms with E-state index in [4.69, 9.17) is 10.00 Å². The Bertz CT molecular complexity index is 1200. The van der Waals surface area contributed by atoms with Gasteiger partial charge in [-0.25, -0.2) is 9.50 Å². The van der Waals surface area contributed by atoms with Gasteiger partial charge in [0.15, 0.2) is 5.65 Å². The second-order valence-electron chi connectivity index (χ2n) is 8.87. The van der Waals surface area contributed by atoms with Gasteiger partial charge in [0.1, 0.15) is 6.07 Å². The molecule has 0 atom stereocenters. The molecule has 33 heavy (non-hydrogen) atoms. The summed E-state index contributed by atoms with van der Waals surface area (Å²) in [5, 5.41) is 20.1. The first-order valence-electron chi connectivity index (χ1n) is 11.5. The summed E-state index contributed by atoms with van der Waals surface area (Å²) in [5.41, 5.74) is 3.67. The Morgan fingerprint density at radius 3 is 2.70 bits per heavy atom. The number of carbonyl (C=O) groups is 1. The van der Waals surface area contributed by atoms with E-state index in [1.165, 1.54) is 25.5 Å². The molecule has 0 aromatic carbocycles. The largest absolute Gasteiger partial charge is 0.377 e. The van der Waals surface area contributed by atoms with Crippen LogP contribution in [0.1, 0.15) is 54.9 Å². The SMILES string of the molecule is CCC1CCC(NC(=O)c2cnc(-c3cnn4cc(C#N)cnc34)cc2NC2COC2)CC1. The first-order chi connectivity index (χ1) is 16.1. The zero-order valence-corrected chi connectivity index (χ0v) is 18.6. The molecule has 9 heteroatoms. The molecular formula is C24H27N7O2. The lowest BCUT2D eigenvalue weighted by Crippen LogP contribution is -2.41. The number of hydrogen-bond acceptors (Lipinski definition) is 7. The molecule has 5 rings (SSSR count). The summed E-state index contributed by atoms with van der Waals surface area (Å²) in [5.74, 6) is 0.673. The van der Waals surface area contributed by atoms with Gasteiger partial charge in [-0.15, -0.1) is 0 Å². The Hall–Kier alpha value is -3.51. The lowest BCUT2D eigenvalue weighted by atomic mass is 9.84. The summed E-state index contributed by atoms with van der Waals surface area (Å²) in [4.78, 5) is 22.1. The molecule has 1 saturated carbocycles. The van der Waals surface area contributed by atoms with Gasteiger partial charge in [-0.1, -0.05) is 13.3 Å². The van der Waals surface area contributed by atoms with Crippen LogP contribution in [0, 0.1) is 17.2 Å². The van der Waals surface area contributed by atoms with Gasteiger partial charge in [-0.2, -0.15) is 10.4 Å². The van der Waals surface area contributed by atoms with Gasteiger partial charge in [0.2, 0.25) is 0 Å². The van der Waals surface area contributed by atoms with E-state index in [2.05, 4.69) is 38.7 Å². The van der Waals surface area contributed by atoms with Gasteiger partial charge in [-0.3, -0.25) is 9.78 Å². The molecule has 1 saturated heterocycles. The third kappa shape index (κ3) is 4.39. The Morgan fingerprint density at radius 2 is 2.00 bits per heavy atom.